The molecule has 0 amide bonds. The summed E-state index contributed by atoms with van der Waals surface area (Å²) in [7, 11) is 0. The van der Waals surface area contributed by atoms with E-state index in [9.17, 15) is 0 Å². The lowest BCUT2D eigenvalue weighted by atomic mass is 10.1. The van der Waals surface area contributed by atoms with Crippen molar-refractivity contribution >= 4 is 5.82 Å². The summed E-state index contributed by atoms with van der Waals surface area (Å²) in [6.07, 6.45) is 0. The molecule has 100 valence electrons. The number of nitrogens with zero attached hydrogens (tertiary/aromatic N) is 2. The molecule has 1 heterocycles. The van der Waals surface area contributed by atoms with Crippen LogP contribution in [-0.2, 0) is 6.54 Å². The van der Waals surface area contributed by atoms with Crippen LogP contribution in [0, 0.1) is 13.8 Å². The van der Waals surface area contributed by atoms with Crippen LogP contribution in [0.5, 0.6) is 0 Å². The highest BCUT2D eigenvalue weighted by Gasteiger charge is 2.06. The summed E-state index contributed by atoms with van der Waals surface area (Å²) in [6, 6.07) is 10.4. The summed E-state index contributed by atoms with van der Waals surface area (Å²) in [5, 5.41) is 3.39. The third-order valence-corrected chi connectivity index (χ3v) is 3.11. The zero-order chi connectivity index (χ0) is 13.8. The van der Waals surface area contributed by atoms with Crippen LogP contribution < -0.4 is 5.32 Å². The predicted octanol–water partition coefficient (Wildman–Crippen LogP) is 3.83. The molecule has 2 aromatic rings. The normalized spacial score (nSPS) is 10.8. The molecule has 0 aliphatic rings. The second-order valence-corrected chi connectivity index (χ2v) is 5.19. The Morgan fingerprint density at radius 3 is 2.53 bits per heavy atom. The Hall–Kier alpha value is -1.90. The monoisotopic (exact) mass is 255 g/mol. The maximum absolute atomic E-state index is 4.56. The summed E-state index contributed by atoms with van der Waals surface area (Å²) in [6.45, 7) is 9.15. The van der Waals surface area contributed by atoms with Gasteiger partial charge in [-0.2, -0.15) is 0 Å². The van der Waals surface area contributed by atoms with Crippen molar-refractivity contribution in [3.63, 3.8) is 0 Å². The van der Waals surface area contributed by atoms with Crippen molar-refractivity contribution in [2.75, 3.05) is 5.32 Å². The lowest BCUT2D eigenvalue weighted by molar-refractivity contribution is 0.766. The van der Waals surface area contributed by atoms with Crippen LogP contribution in [0.15, 0.2) is 30.3 Å². The number of aryl methyl sites for hydroxylation is 2. The average Bonchev–Trinajstić information content (AvgIpc) is 2.37. The number of rotatable bonds is 4. The minimum absolute atomic E-state index is 0.346. The summed E-state index contributed by atoms with van der Waals surface area (Å²) < 4.78 is 0. The van der Waals surface area contributed by atoms with Crippen molar-refractivity contribution in [3.05, 3.63) is 53.0 Å². The first-order valence-corrected chi connectivity index (χ1v) is 6.70. The van der Waals surface area contributed by atoms with Crippen LogP contribution in [0.2, 0.25) is 0 Å². The highest BCUT2D eigenvalue weighted by molar-refractivity contribution is 5.38. The summed E-state index contributed by atoms with van der Waals surface area (Å²) in [4.78, 5) is 9.01. The van der Waals surface area contributed by atoms with E-state index >= 15 is 0 Å². The quantitative estimate of drug-likeness (QED) is 0.902. The molecule has 3 heteroatoms. The third kappa shape index (κ3) is 3.53. The lowest BCUT2D eigenvalue weighted by Gasteiger charge is -2.11. The Morgan fingerprint density at radius 2 is 1.84 bits per heavy atom. The molecule has 0 bridgehead atoms. The summed E-state index contributed by atoms with van der Waals surface area (Å²) in [5.74, 6) is 2.14. The Labute approximate surface area is 115 Å². The standard InChI is InChI=1S/C16H21N3/c1-11(2)16-18-13(4)9-15(19-16)17-10-14-8-6-5-7-12(14)3/h5-9,11H,10H2,1-4H3,(H,17,18,19). The van der Waals surface area contributed by atoms with Crippen LogP contribution in [-0.4, -0.2) is 9.97 Å². The molecule has 3 nitrogen and oxygen atoms in total. The second kappa shape index (κ2) is 5.83. The highest BCUT2D eigenvalue weighted by Crippen LogP contribution is 2.15. The molecule has 1 aromatic heterocycles. The molecule has 0 fully saturated rings. The van der Waals surface area contributed by atoms with E-state index in [0.29, 0.717) is 5.92 Å². The van der Waals surface area contributed by atoms with Gasteiger partial charge < -0.3 is 5.32 Å². The van der Waals surface area contributed by atoms with Gasteiger partial charge in [-0.25, -0.2) is 9.97 Å². The fraction of sp³-hybridized carbons (Fsp3) is 0.375. The van der Waals surface area contributed by atoms with Gasteiger partial charge in [-0.15, -0.1) is 0 Å². The van der Waals surface area contributed by atoms with E-state index in [0.717, 1.165) is 23.9 Å². The van der Waals surface area contributed by atoms with Crippen LogP contribution in [0.3, 0.4) is 0 Å². The predicted molar refractivity (Wildman–Crippen MR) is 79.4 cm³/mol. The zero-order valence-electron chi connectivity index (χ0n) is 12.1. The molecule has 0 saturated carbocycles. The molecule has 1 aromatic carbocycles. The van der Waals surface area contributed by atoms with Gasteiger partial charge >= 0.3 is 0 Å². The van der Waals surface area contributed by atoms with Gasteiger partial charge in [0.25, 0.3) is 0 Å². The topological polar surface area (TPSA) is 37.8 Å². The molecule has 0 spiro atoms. The molecule has 0 aliphatic carbocycles. The van der Waals surface area contributed by atoms with Gasteiger partial charge in [0.2, 0.25) is 0 Å². The van der Waals surface area contributed by atoms with Crippen LogP contribution >= 0.6 is 0 Å². The minimum atomic E-state index is 0.346. The van der Waals surface area contributed by atoms with E-state index in [4.69, 9.17) is 0 Å². The van der Waals surface area contributed by atoms with Crippen molar-refractivity contribution in [3.8, 4) is 0 Å². The Balaban J connectivity index is 2.14. The van der Waals surface area contributed by atoms with Gasteiger partial charge in [-0.3, -0.25) is 0 Å². The Bertz CT molecular complexity index is 562. The Morgan fingerprint density at radius 1 is 1.11 bits per heavy atom. The molecule has 2 rings (SSSR count). The minimum Gasteiger partial charge on any atom is -0.366 e. The molecule has 0 radical (unpaired) electrons. The number of benzene rings is 1. The molecule has 0 saturated heterocycles. The van der Waals surface area contributed by atoms with Crippen molar-refractivity contribution in [1.29, 1.82) is 0 Å². The highest BCUT2D eigenvalue weighted by atomic mass is 15.0. The number of aromatic nitrogens is 2. The van der Waals surface area contributed by atoms with Crippen LogP contribution in [0.1, 0.15) is 42.4 Å². The van der Waals surface area contributed by atoms with Crippen molar-refractivity contribution < 1.29 is 0 Å². The second-order valence-electron chi connectivity index (χ2n) is 5.19. The molecule has 0 unspecified atom stereocenters. The molecule has 0 atom stereocenters. The summed E-state index contributed by atoms with van der Waals surface area (Å²) in [5.41, 5.74) is 3.60. The van der Waals surface area contributed by atoms with Gasteiger partial charge in [-0.1, -0.05) is 38.1 Å². The van der Waals surface area contributed by atoms with Gasteiger partial charge in [-0.05, 0) is 25.0 Å². The largest absolute Gasteiger partial charge is 0.366 e. The third-order valence-electron chi connectivity index (χ3n) is 3.11. The average molecular weight is 255 g/mol. The molecule has 19 heavy (non-hydrogen) atoms. The van der Waals surface area contributed by atoms with E-state index in [1.807, 2.05) is 13.0 Å². The maximum Gasteiger partial charge on any atom is 0.133 e. The summed E-state index contributed by atoms with van der Waals surface area (Å²) >= 11 is 0. The fourth-order valence-corrected chi connectivity index (χ4v) is 1.93. The zero-order valence-corrected chi connectivity index (χ0v) is 12.1. The lowest BCUT2D eigenvalue weighted by Crippen LogP contribution is -2.07. The number of hydrogen-bond donors (Lipinski definition) is 1. The van der Waals surface area contributed by atoms with E-state index in [2.05, 4.69) is 60.3 Å². The van der Waals surface area contributed by atoms with Gasteiger partial charge in [0.15, 0.2) is 0 Å². The van der Waals surface area contributed by atoms with E-state index in [1.54, 1.807) is 0 Å². The van der Waals surface area contributed by atoms with E-state index in [1.165, 1.54) is 11.1 Å². The van der Waals surface area contributed by atoms with Gasteiger partial charge in [0.05, 0.1) is 0 Å². The molecule has 0 aliphatic heterocycles. The molecule has 1 N–H and O–H groups in total. The van der Waals surface area contributed by atoms with Crippen LogP contribution in [0.25, 0.3) is 0 Å². The first-order chi connectivity index (χ1) is 9.06. The molecular weight excluding hydrogens is 234 g/mol. The maximum atomic E-state index is 4.56. The number of hydrogen-bond acceptors (Lipinski definition) is 3. The fourth-order valence-electron chi connectivity index (χ4n) is 1.93. The van der Waals surface area contributed by atoms with Crippen molar-refractivity contribution in [1.82, 2.24) is 9.97 Å². The Kier molecular flexibility index (Phi) is 4.15. The van der Waals surface area contributed by atoms with Crippen molar-refractivity contribution in [2.45, 2.75) is 40.2 Å². The smallest absolute Gasteiger partial charge is 0.133 e. The number of anilines is 1. The van der Waals surface area contributed by atoms with Crippen molar-refractivity contribution in [2.24, 2.45) is 0 Å². The van der Waals surface area contributed by atoms with E-state index in [-0.39, 0.29) is 0 Å². The first kappa shape index (κ1) is 13.5. The SMILES string of the molecule is Cc1cc(NCc2ccccc2C)nc(C(C)C)n1. The van der Waals surface area contributed by atoms with Gasteiger partial charge in [0.1, 0.15) is 11.6 Å². The first-order valence-electron chi connectivity index (χ1n) is 6.70. The molecular formula is C16H21N3. The van der Waals surface area contributed by atoms with E-state index < -0.39 is 0 Å². The number of nitrogens with one attached hydrogen (secondary N) is 1. The van der Waals surface area contributed by atoms with Gasteiger partial charge in [0, 0.05) is 24.2 Å². The van der Waals surface area contributed by atoms with Crippen LogP contribution in [0.4, 0.5) is 5.82 Å².